The molecule has 122 valence electrons. The number of aromatic nitrogens is 2. The number of benzene rings is 1. The number of hydrogen-bond acceptors (Lipinski definition) is 6. The Labute approximate surface area is 143 Å². The van der Waals surface area contributed by atoms with Gasteiger partial charge in [-0.05, 0) is 54.4 Å². The van der Waals surface area contributed by atoms with Crippen molar-refractivity contribution in [1.29, 1.82) is 0 Å². The Hall–Kier alpha value is -2.73. The number of esters is 1. The lowest BCUT2D eigenvalue weighted by molar-refractivity contribution is -0.143. The largest absolute Gasteiger partial charge is 0.449 e. The third kappa shape index (κ3) is 3.97. The molecular formula is C18H16N2O3S. The molecule has 0 aliphatic carbocycles. The number of aryl methyl sites for hydroxylation is 1. The summed E-state index contributed by atoms with van der Waals surface area (Å²) in [6, 6.07) is 9.68. The number of nitrogens with zero attached hydrogens (tertiary/aromatic N) is 2. The maximum absolute atomic E-state index is 11.8. The van der Waals surface area contributed by atoms with Crippen molar-refractivity contribution in [2.75, 3.05) is 0 Å². The van der Waals surface area contributed by atoms with Gasteiger partial charge in [0.05, 0.1) is 0 Å². The van der Waals surface area contributed by atoms with E-state index >= 15 is 0 Å². The quantitative estimate of drug-likeness (QED) is 0.508. The topological polar surface area (TPSA) is 65.2 Å². The predicted molar refractivity (Wildman–Crippen MR) is 92.3 cm³/mol. The summed E-state index contributed by atoms with van der Waals surface area (Å²) in [6.07, 6.45) is 2.48. The van der Waals surface area contributed by atoms with E-state index in [4.69, 9.17) is 9.15 Å². The van der Waals surface area contributed by atoms with Gasteiger partial charge in [0, 0.05) is 11.6 Å². The summed E-state index contributed by atoms with van der Waals surface area (Å²) in [5.41, 5.74) is 2.94. The number of carbonyl (C=O) groups excluding carboxylic acids is 1. The molecule has 1 atom stereocenters. The van der Waals surface area contributed by atoms with Gasteiger partial charge in [-0.1, -0.05) is 17.7 Å². The minimum absolute atomic E-state index is 0.267. The molecule has 3 rings (SSSR count). The molecule has 0 bridgehead atoms. The highest BCUT2D eigenvalue weighted by Gasteiger charge is 2.18. The van der Waals surface area contributed by atoms with E-state index in [2.05, 4.69) is 10.2 Å². The van der Waals surface area contributed by atoms with Gasteiger partial charge in [0.25, 0.3) is 5.89 Å². The molecule has 0 spiro atoms. The standard InChI is InChI=1S/C18H16N2O3S/c1-12-3-6-15(7-4-12)18-20-19-17(23-18)13(2)22-16(21)8-5-14-9-10-24-11-14/h3-11,13H,1-2H3/b8-5+/t13-/m0/s1. The summed E-state index contributed by atoms with van der Waals surface area (Å²) in [4.78, 5) is 11.8. The van der Waals surface area contributed by atoms with Crippen LogP contribution in [0.4, 0.5) is 0 Å². The van der Waals surface area contributed by atoms with Crippen molar-refractivity contribution in [3.05, 3.63) is 64.2 Å². The number of thiophene rings is 1. The van der Waals surface area contributed by atoms with E-state index in [9.17, 15) is 4.79 Å². The molecule has 0 radical (unpaired) electrons. The third-order valence-electron chi connectivity index (χ3n) is 3.33. The highest BCUT2D eigenvalue weighted by atomic mass is 32.1. The van der Waals surface area contributed by atoms with Crippen LogP contribution in [0.25, 0.3) is 17.5 Å². The summed E-state index contributed by atoms with van der Waals surface area (Å²) in [5, 5.41) is 11.9. The van der Waals surface area contributed by atoms with Crippen LogP contribution in [0, 0.1) is 6.92 Å². The van der Waals surface area contributed by atoms with E-state index in [1.165, 1.54) is 6.08 Å². The van der Waals surface area contributed by atoms with Crippen molar-refractivity contribution in [2.24, 2.45) is 0 Å². The second-order valence-corrected chi connectivity index (χ2v) is 6.06. The Morgan fingerprint density at radius 1 is 1.25 bits per heavy atom. The fraction of sp³-hybridized carbons (Fsp3) is 0.167. The molecule has 0 aliphatic heterocycles. The number of rotatable bonds is 5. The summed E-state index contributed by atoms with van der Waals surface area (Å²) in [7, 11) is 0. The molecule has 1 aromatic carbocycles. The molecule has 2 heterocycles. The molecular weight excluding hydrogens is 324 g/mol. The lowest BCUT2D eigenvalue weighted by Gasteiger charge is -2.06. The van der Waals surface area contributed by atoms with Gasteiger partial charge in [0.1, 0.15) is 0 Å². The summed E-state index contributed by atoms with van der Waals surface area (Å²) in [5.74, 6) is 0.216. The van der Waals surface area contributed by atoms with Crippen molar-refractivity contribution in [3.8, 4) is 11.5 Å². The van der Waals surface area contributed by atoms with E-state index in [1.54, 1.807) is 24.3 Å². The zero-order valence-electron chi connectivity index (χ0n) is 13.3. The number of carbonyl (C=O) groups is 1. The van der Waals surface area contributed by atoms with E-state index < -0.39 is 12.1 Å². The fourth-order valence-electron chi connectivity index (χ4n) is 2.01. The van der Waals surface area contributed by atoms with Crippen LogP contribution in [-0.2, 0) is 9.53 Å². The molecule has 0 N–H and O–H groups in total. The minimum Gasteiger partial charge on any atom is -0.449 e. The molecule has 0 aliphatic rings. The Morgan fingerprint density at radius 3 is 2.75 bits per heavy atom. The van der Waals surface area contributed by atoms with Gasteiger partial charge in [-0.15, -0.1) is 10.2 Å². The SMILES string of the molecule is Cc1ccc(-c2nnc([C@H](C)OC(=O)/C=C/c3ccsc3)o2)cc1. The van der Waals surface area contributed by atoms with Crippen molar-refractivity contribution >= 4 is 23.4 Å². The minimum atomic E-state index is -0.615. The molecule has 0 saturated carbocycles. The molecule has 0 amide bonds. The molecule has 6 heteroatoms. The van der Waals surface area contributed by atoms with Crippen molar-refractivity contribution in [1.82, 2.24) is 10.2 Å². The average Bonchev–Trinajstić information content (AvgIpc) is 3.25. The second kappa shape index (κ2) is 7.23. The molecule has 2 aromatic heterocycles. The van der Waals surface area contributed by atoms with Crippen molar-refractivity contribution in [2.45, 2.75) is 20.0 Å². The van der Waals surface area contributed by atoms with Crippen LogP contribution in [0.15, 0.2) is 51.6 Å². The van der Waals surface area contributed by atoms with Crippen molar-refractivity contribution in [3.63, 3.8) is 0 Å². The van der Waals surface area contributed by atoms with Crippen LogP contribution in [0.2, 0.25) is 0 Å². The Bertz CT molecular complexity index is 836. The molecule has 5 nitrogen and oxygen atoms in total. The highest BCUT2D eigenvalue weighted by Crippen LogP contribution is 2.22. The fourth-order valence-corrected chi connectivity index (χ4v) is 2.64. The molecule has 24 heavy (non-hydrogen) atoms. The van der Waals surface area contributed by atoms with Crippen LogP contribution in [0.3, 0.4) is 0 Å². The molecule has 3 aromatic rings. The van der Waals surface area contributed by atoms with Gasteiger partial charge in [-0.25, -0.2) is 4.79 Å². The first kappa shape index (κ1) is 16.1. The van der Waals surface area contributed by atoms with E-state index in [0.29, 0.717) is 5.89 Å². The van der Waals surface area contributed by atoms with E-state index in [-0.39, 0.29) is 5.89 Å². The van der Waals surface area contributed by atoms with E-state index in [0.717, 1.165) is 16.7 Å². The van der Waals surface area contributed by atoms with Gasteiger partial charge >= 0.3 is 5.97 Å². The predicted octanol–water partition coefficient (Wildman–Crippen LogP) is 4.42. The first-order chi connectivity index (χ1) is 11.6. The van der Waals surface area contributed by atoms with Crippen LogP contribution in [0.1, 0.15) is 30.0 Å². The average molecular weight is 340 g/mol. The van der Waals surface area contributed by atoms with Crippen LogP contribution in [0.5, 0.6) is 0 Å². The first-order valence-electron chi connectivity index (χ1n) is 7.43. The van der Waals surface area contributed by atoms with Gasteiger partial charge in [0.15, 0.2) is 6.10 Å². The zero-order chi connectivity index (χ0) is 16.9. The lowest BCUT2D eigenvalue weighted by atomic mass is 10.1. The molecule has 0 fully saturated rings. The van der Waals surface area contributed by atoms with Crippen LogP contribution in [-0.4, -0.2) is 16.2 Å². The van der Waals surface area contributed by atoms with Gasteiger partial charge in [-0.2, -0.15) is 11.3 Å². The maximum atomic E-state index is 11.8. The molecule has 0 saturated heterocycles. The Kier molecular flexibility index (Phi) is 4.86. The van der Waals surface area contributed by atoms with Gasteiger partial charge in [-0.3, -0.25) is 0 Å². The van der Waals surface area contributed by atoms with Gasteiger partial charge < -0.3 is 9.15 Å². The van der Waals surface area contributed by atoms with E-state index in [1.807, 2.05) is 48.0 Å². The second-order valence-electron chi connectivity index (χ2n) is 5.28. The normalized spacial score (nSPS) is 12.4. The third-order valence-corrected chi connectivity index (χ3v) is 4.04. The first-order valence-corrected chi connectivity index (χ1v) is 8.37. The summed E-state index contributed by atoms with van der Waals surface area (Å²) < 4.78 is 10.9. The Morgan fingerprint density at radius 2 is 2.04 bits per heavy atom. The van der Waals surface area contributed by atoms with Gasteiger partial charge in [0.2, 0.25) is 5.89 Å². The van der Waals surface area contributed by atoms with Crippen LogP contribution < -0.4 is 0 Å². The maximum Gasteiger partial charge on any atom is 0.331 e. The number of hydrogen-bond donors (Lipinski definition) is 0. The monoisotopic (exact) mass is 340 g/mol. The summed E-state index contributed by atoms with van der Waals surface area (Å²) >= 11 is 1.57. The summed E-state index contributed by atoms with van der Waals surface area (Å²) in [6.45, 7) is 3.71. The zero-order valence-corrected chi connectivity index (χ0v) is 14.1. The Balaban J connectivity index is 1.64. The highest BCUT2D eigenvalue weighted by molar-refractivity contribution is 7.08. The number of ether oxygens (including phenoxy) is 1. The molecule has 0 unspecified atom stereocenters. The smallest absolute Gasteiger partial charge is 0.331 e. The van der Waals surface area contributed by atoms with Crippen molar-refractivity contribution < 1.29 is 13.9 Å². The lowest BCUT2D eigenvalue weighted by Crippen LogP contribution is -2.06. The van der Waals surface area contributed by atoms with Crippen LogP contribution >= 0.6 is 11.3 Å².